The third-order valence-corrected chi connectivity index (χ3v) is 3.58. The van der Waals surface area contributed by atoms with Crippen LogP contribution in [0.25, 0.3) is 0 Å². The SMILES string of the molecule is CC(CC(=O)O)c1ccc(OCCOc2ccc(C(F)(F)F)nc2)cc1. The van der Waals surface area contributed by atoms with Crippen LogP contribution in [-0.4, -0.2) is 29.3 Å². The van der Waals surface area contributed by atoms with Crippen molar-refractivity contribution < 1.29 is 32.5 Å². The highest BCUT2D eigenvalue weighted by molar-refractivity contribution is 5.67. The molecule has 0 saturated heterocycles. The standard InChI is InChI=1S/C18H18F3NO4/c1-12(10-17(23)24)13-2-4-14(5-3-13)25-8-9-26-15-6-7-16(22-11-15)18(19,20)21/h2-7,11-12H,8-10H2,1H3,(H,23,24). The first kappa shape index (κ1) is 19.6. The molecule has 1 unspecified atom stereocenters. The average Bonchev–Trinajstić information content (AvgIpc) is 2.58. The van der Waals surface area contributed by atoms with E-state index in [0.717, 1.165) is 17.8 Å². The summed E-state index contributed by atoms with van der Waals surface area (Å²) >= 11 is 0. The molecule has 0 bridgehead atoms. The minimum atomic E-state index is -4.48. The number of hydrogen-bond donors (Lipinski definition) is 1. The Labute approximate surface area is 148 Å². The van der Waals surface area contributed by atoms with Crippen molar-refractivity contribution in [1.29, 1.82) is 0 Å². The fraction of sp³-hybridized carbons (Fsp3) is 0.333. The van der Waals surface area contributed by atoms with E-state index in [-0.39, 0.29) is 31.3 Å². The molecule has 1 N–H and O–H groups in total. The van der Waals surface area contributed by atoms with Crippen molar-refractivity contribution in [3.8, 4) is 11.5 Å². The van der Waals surface area contributed by atoms with Gasteiger partial charge in [-0.05, 0) is 35.7 Å². The minimum Gasteiger partial charge on any atom is -0.490 e. The van der Waals surface area contributed by atoms with E-state index >= 15 is 0 Å². The van der Waals surface area contributed by atoms with Gasteiger partial charge in [0.05, 0.1) is 12.6 Å². The van der Waals surface area contributed by atoms with Crippen LogP contribution in [0.2, 0.25) is 0 Å². The number of carboxylic acid groups (broad SMARTS) is 1. The van der Waals surface area contributed by atoms with Gasteiger partial charge >= 0.3 is 12.1 Å². The average molecular weight is 369 g/mol. The summed E-state index contributed by atoms with van der Waals surface area (Å²) in [6, 6.07) is 9.11. The Morgan fingerprint density at radius 2 is 1.65 bits per heavy atom. The van der Waals surface area contributed by atoms with Crippen molar-refractivity contribution in [3.05, 3.63) is 53.9 Å². The molecule has 1 aromatic heterocycles. The van der Waals surface area contributed by atoms with Crippen molar-refractivity contribution in [2.24, 2.45) is 0 Å². The van der Waals surface area contributed by atoms with Crippen LogP contribution in [0.3, 0.4) is 0 Å². The van der Waals surface area contributed by atoms with Crippen molar-refractivity contribution in [3.63, 3.8) is 0 Å². The quantitative estimate of drug-likeness (QED) is 0.709. The van der Waals surface area contributed by atoms with Crippen LogP contribution in [0.5, 0.6) is 11.5 Å². The van der Waals surface area contributed by atoms with Crippen molar-refractivity contribution in [2.75, 3.05) is 13.2 Å². The molecule has 0 aliphatic rings. The third-order valence-electron chi connectivity index (χ3n) is 3.58. The molecule has 0 spiro atoms. The monoisotopic (exact) mass is 369 g/mol. The number of nitrogens with zero attached hydrogens (tertiary/aromatic N) is 1. The molecular formula is C18H18F3NO4. The molecule has 0 radical (unpaired) electrons. The molecule has 0 aliphatic heterocycles. The van der Waals surface area contributed by atoms with Crippen LogP contribution >= 0.6 is 0 Å². The lowest BCUT2D eigenvalue weighted by molar-refractivity contribution is -0.141. The van der Waals surface area contributed by atoms with Gasteiger partial charge in [-0.15, -0.1) is 0 Å². The number of hydrogen-bond acceptors (Lipinski definition) is 4. The fourth-order valence-electron chi connectivity index (χ4n) is 2.22. The number of rotatable bonds is 8. The summed E-state index contributed by atoms with van der Waals surface area (Å²) in [6.07, 6.45) is -3.41. The number of benzene rings is 1. The first-order valence-corrected chi connectivity index (χ1v) is 7.86. The van der Waals surface area contributed by atoms with Crippen LogP contribution in [0.4, 0.5) is 13.2 Å². The molecule has 2 aromatic rings. The Morgan fingerprint density at radius 1 is 1.08 bits per heavy atom. The number of aromatic nitrogens is 1. The van der Waals surface area contributed by atoms with Gasteiger partial charge < -0.3 is 14.6 Å². The van der Waals surface area contributed by atoms with E-state index < -0.39 is 17.8 Å². The zero-order valence-electron chi connectivity index (χ0n) is 14.0. The van der Waals surface area contributed by atoms with E-state index in [1.807, 2.05) is 6.92 Å². The van der Waals surface area contributed by atoms with Crippen LogP contribution in [0.15, 0.2) is 42.6 Å². The lowest BCUT2D eigenvalue weighted by atomic mass is 9.98. The molecule has 140 valence electrons. The highest BCUT2D eigenvalue weighted by Gasteiger charge is 2.32. The summed E-state index contributed by atoms with van der Waals surface area (Å²) in [6.45, 7) is 2.17. The van der Waals surface area contributed by atoms with Crippen LogP contribution < -0.4 is 9.47 Å². The topological polar surface area (TPSA) is 68.7 Å². The minimum absolute atomic E-state index is 0.0508. The van der Waals surface area contributed by atoms with Crippen molar-refractivity contribution in [2.45, 2.75) is 25.4 Å². The summed E-state index contributed by atoms with van der Waals surface area (Å²) in [5, 5.41) is 8.79. The highest BCUT2D eigenvalue weighted by atomic mass is 19.4. The second kappa shape index (κ2) is 8.55. The zero-order valence-corrected chi connectivity index (χ0v) is 14.0. The van der Waals surface area contributed by atoms with E-state index in [0.29, 0.717) is 5.75 Å². The van der Waals surface area contributed by atoms with Gasteiger partial charge in [0.2, 0.25) is 0 Å². The second-order valence-corrected chi connectivity index (χ2v) is 5.64. The lowest BCUT2D eigenvalue weighted by Crippen LogP contribution is -2.10. The molecule has 1 aromatic carbocycles. The maximum absolute atomic E-state index is 12.4. The van der Waals surface area contributed by atoms with Gasteiger partial charge in [0, 0.05) is 0 Å². The Morgan fingerprint density at radius 3 is 2.15 bits per heavy atom. The Bertz CT molecular complexity index is 715. The molecule has 26 heavy (non-hydrogen) atoms. The van der Waals surface area contributed by atoms with Gasteiger partial charge in [-0.2, -0.15) is 13.2 Å². The number of ether oxygens (including phenoxy) is 2. The highest BCUT2D eigenvalue weighted by Crippen LogP contribution is 2.28. The predicted octanol–water partition coefficient (Wildman–Crippen LogP) is 4.14. The Hall–Kier alpha value is -2.77. The van der Waals surface area contributed by atoms with E-state index in [4.69, 9.17) is 14.6 Å². The number of aliphatic carboxylic acids is 1. The number of carbonyl (C=O) groups is 1. The molecule has 1 heterocycles. The predicted molar refractivity (Wildman–Crippen MR) is 87.3 cm³/mol. The number of halogens is 3. The number of pyridine rings is 1. The summed E-state index contributed by atoms with van der Waals surface area (Å²) in [5.41, 5.74) is -0.0786. The largest absolute Gasteiger partial charge is 0.490 e. The first-order chi connectivity index (χ1) is 12.3. The van der Waals surface area contributed by atoms with E-state index in [2.05, 4.69) is 4.98 Å². The molecule has 0 fully saturated rings. The van der Waals surface area contributed by atoms with E-state index in [1.54, 1.807) is 24.3 Å². The van der Waals surface area contributed by atoms with Gasteiger partial charge in [0.1, 0.15) is 30.4 Å². The number of carboxylic acids is 1. The van der Waals surface area contributed by atoms with E-state index in [9.17, 15) is 18.0 Å². The molecule has 5 nitrogen and oxygen atoms in total. The van der Waals surface area contributed by atoms with Crippen molar-refractivity contribution >= 4 is 5.97 Å². The molecule has 0 amide bonds. The summed E-state index contributed by atoms with van der Waals surface area (Å²) < 4.78 is 48.0. The number of alkyl halides is 3. The van der Waals surface area contributed by atoms with Gasteiger partial charge in [-0.25, -0.2) is 4.98 Å². The molecule has 1 atom stereocenters. The van der Waals surface area contributed by atoms with Gasteiger partial charge in [-0.1, -0.05) is 19.1 Å². The smallest absolute Gasteiger partial charge is 0.433 e. The zero-order chi connectivity index (χ0) is 19.2. The Balaban J connectivity index is 1.77. The molecule has 2 rings (SSSR count). The first-order valence-electron chi connectivity index (χ1n) is 7.86. The molecule has 8 heteroatoms. The molecule has 0 aliphatic carbocycles. The van der Waals surface area contributed by atoms with Gasteiger partial charge in [0.15, 0.2) is 0 Å². The second-order valence-electron chi connectivity index (χ2n) is 5.64. The summed E-state index contributed by atoms with van der Waals surface area (Å²) in [7, 11) is 0. The van der Waals surface area contributed by atoms with Crippen LogP contribution in [-0.2, 0) is 11.0 Å². The molecule has 0 saturated carbocycles. The maximum atomic E-state index is 12.4. The molecular weight excluding hydrogens is 351 g/mol. The third kappa shape index (κ3) is 5.94. The Kier molecular flexibility index (Phi) is 6.43. The lowest BCUT2D eigenvalue weighted by Gasteiger charge is -2.11. The summed E-state index contributed by atoms with van der Waals surface area (Å²) in [5.74, 6) is -0.144. The maximum Gasteiger partial charge on any atom is 0.433 e. The van der Waals surface area contributed by atoms with Gasteiger partial charge in [0.25, 0.3) is 0 Å². The van der Waals surface area contributed by atoms with Crippen LogP contribution in [0.1, 0.15) is 30.5 Å². The fourth-order valence-corrected chi connectivity index (χ4v) is 2.22. The summed E-state index contributed by atoms with van der Waals surface area (Å²) in [4.78, 5) is 14.0. The van der Waals surface area contributed by atoms with Gasteiger partial charge in [-0.3, -0.25) is 4.79 Å². The van der Waals surface area contributed by atoms with Crippen LogP contribution in [0, 0.1) is 0 Å². The normalized spacial score (nSPS) is 12.5. The van der Waals surface area contributed by atoms with E-state index in [1.165, 1.54) is 6.07 Å². The van der Waals surface area contributed by atoms with Crippen molar-refractivity contribution in [1.82, 2.24) is 4.98 Å².